The molecule has 0 radical (unpaired) electrons. The number of fused-ring (bicyclic) bond motifs is 1. The van der Waals surface area contributed by atoms with Crippen molar-refractivity contribution >= 4 is 22.6 Å². The first-order valence-corrected chi connectivity index (χ1v) is 3.91. The van der Waals surface area contributed by atoms with Gasteiger partial charge in [0.25, 0.3) is 0 Å². The van der Waals surface area contributed by atoms with Crippen LogP contribution in [0.2, 0.25) is 5.02 Å². The number of hydrogen-bond acceptors (Lipinski definition) is 1. The number of alkyl halides is 1. The third-order valence-corrected chi connectivity index (χ3v) is 1.90. The van der Waals surface area contributed by atoms with Gasteiger partial charge in [-0.05, 0) is 24.3 Å². The van der Waals surface area contributed by atoms with Gasteiger partial charge in [-0.25, -0.2) is 4.39 Å². The van der Waals surface area contributed by atoms with E-state index in [9.17, 15) is 4.39 Å². The summed E-state index contributed by atoms with van der Waals surface area (Å²) in [5.74, 6) is 0.340. The van der Waals surface area contributed by atoms with Crippen LogP contribution >= 0.6 is 11.6 Å². The van der Waals surface area contributed by atoms with Crippen molar-refractivity contribution in [3.63, 3.8) is 0 Å². The zero-order valence-corrected chi connectivity index (χ0v) is 6.94. The van der Waals surface area contributed by atoms with Gasteiger partial charge in [0.1, 0.15) is 18.0 Å². The molecule has 1 aromatic heterocycles. The van der Waals surface area contributed by atoms with E-state index in [1.165, 1.54) is 0 Å². The molecule has 12 heavy (non-hydrogen) atoms. The smallest absolute Gasteiger partial charge is 0.147 e. The molecule has 2 rings (SSSR count). The molecular formula is C9H6ClFO. The zero-order chi connectivity index (χ0) is 8.55. The van der Waals surface area contributed by atoms with Gasteiger partial charge in [-0.3, -0.25) is 0 Å². The van der Waals surface area contributed by atoms with Crippen molar-refractivity contribution in [1.29, 1.82) is 0 Å². The van der Waals surface area contributed by atoms with Crippen molar-refractivity contribution in [1.82, 2.24) is 0 Å². The van der Waals surface area contributed by atoms with Crippen molar-refractivity contribution in [2.75, 3.05) is 0 Å². The second-order valence-electron chi connectivity index (χ2n) is 2.53. The molecule has 3 heteroatoms. The Kier molecular flexibility index (Phi) is 1.77. The summed E-state index contributed by atoms with van der Waals surface area (Å²) in [6, 6.07) is 6.85. The average molecular weight is 185 g/mol. The first-order valence-electron chi connectivity index (χ1n) is 3.53. The van der Waals surface area contributed by atoms with Crippen molar-refractivity contribution in [2.45, 2.75) is 6.67 Å². The highest BCUT2D eigenvalue weighted by Gasteiger charge is 2.02. The largest absolute Gasteiger partial charge is 0.458 e. The van der Waals surface area contributed by atoms with Gasteiger partial charge in [0.05, 0.1) is 0 Å². The molecule has 1 heterocycles. The second-order valence-corrected chi connectivity index (χ2v) is 2.96. The van der Waals surface area contributed by atoms with Crippen LogP contribution in [0.5, 0.6) is 0 Å². The normalized spacial score (nSPS) is 10.8. The van der Waals surface area contributed by atoms with Crippen molar-refractivity contribution in [3.8, 4) is 0 Å². The topological polar surface area (TPSA) is 13.1 Å². The van der Waals surface area contributed by atoms with Gasteiger partial charge in [-0.1, -0.05) is 11.6 Å². The molecule has 0 aliphatic heterocycles. The molecular weight excluding hydrogens is 179 g/mol. The number of benzene rings is 1. The van der Waals surface area contributed by atoms with Gasteiger partial charge < -0.3 is 4.42 Å². The SMILES string of the molecule is FCc1cc2cc(Cl)ccc2o1. The molecule has 62 valence electrons. The molecule has 0 bridgehead atoms. The monoisotopic (exact) mass is 184 g/mol. The predicted octanol–water partition coefficient (Wildman–Crippen LogP) is 3.56. The van der Waals surface area contributed by atoms with Crippen LogP contribution in [-0.2, 0) is 6.67 Å². The predicted molar refractivity (Wildman–Crippen MR) is 46.0 cm³/mol. The van der Waals surface area contributed by atoms with E-state index in [2.05, 4.69) is 0 Å². The molecule has 0 saturated carbocycles. The molecule has 0 N–H and O–H groups in total. The summed E-state index contributed by atoms with van der Waals surface area (Å²) in [7, 11) is 0. The van der Waals surface area contributed by atoms with Crippen LogP contribution in [0.25, 0.3) is 11.0 Å². The van der Waals surface area contributed by atoms with Crippen LogP contribution in [0.1, 0.15) is 5.76 Å². The Bertz CT molecular complexity index is 408. The molecule has 0 saturated heterocycles. The molecule has 2 aromatic rings. The number of hydrogen-bond donors (Lipinski definition) is 0. The highest BCUT2D eigenvalue weighted by atomic mass is 35.5. The first-order chi connectivity index (χ1) is 5.79. The molecule has 0 spiro atoms. The summed E-state index contributed by atoms with van der Waals surface area (Å²) in [5.41, 5.74) is 0.673. The molecule has 1 aromatic carbocycles. The number of rotatable bonds is 1. The van der Waals surface area contributed by atoms with Crippen LogP contribution in [0.15, 0.2) is 28.7 Å². The summed E-state index contributed by atoms with van der Waals surface area (Å²) < 4.78 is 17.3. The van der Waals surface area contributed by atoms with Crippen LogP contribution in [0.4, 0.5) is 4.39 Å². The Hall–Kier alpha value is -1.02. The zero-order valence-electron chi connectivity index (χ0n) is 6.18. The van der Waals surface area contributed by atoms with E-state index in [4.69, 9.17) is 16.0 Å². The fraction of sp³-hybridized carbons (Fsp3) is 0.111. The fourth-order valence-corrected chi connectivity index (χ4v) is 1.32. The lowest BCUT2D eigenvalue weighted by molar-refractivity contribution is 0.407. The van der Waals surface area contributed by atoms with E-state index in [0.29, 0.717) is 16.4 Å². The summed E-state index contributed by atoms with van der Waals surface area (Å²) in [5, 5.41) is 1.48. The van der Waals surface area contributed by atoms with Gasteiger partial charge in [0, 0.05) is 10.4 Å². The lowest BCUT2D eigenvalue weighted by atomic mass is 10.2. The van der Waals surface area contributed by atoms with Crippen LogP contribution in [0, 0.1) is 0 Å². The van der Waals surface area contributed by atoms with E-state index < -0.39 is 6.67 Å². The minimum absolute atomic E-state index is 0.340. The Morgan fingerprint density at radius 3 is 2.92 bits per heavy atom. The third-order valence-electron chi connectivity index (χ3n) is 1.66. The Morgan fingerprint density at radius 1 is 1.33 bits per heavy atom. The van der Waals surface area contributed by atoms with Gasteiger partial charge >= 0.3 is 0 Å². The van der Waals surface area contributed by atoms with Gasteiger partial charge in [0.15, 0.2) is 0 Å². The second kappa shape index (κ2) is 2.79. The molecule has 1 nitrogen and oxygen atoms in total. The summed E-state index contributed by atoms with van der Waals surface area (Å²) in [4.78, 5) is 0. The number of halogens is 2. The van der Waals surface area contributed by atoms with E-state index in [0.717, 1.165) is 5.39 Å². The molecule has 0 fully saturated rings. The molecule has 0 aliphatic carbocycles. The molecule has 0 unspecified atom stereocenters. The third kappa shape index (κ3) is 1.18. The van der Waals surface area contributed by atoms with Crippen LogP contribution < -0.4 is 0 Å². The summed E-state index contributed by atoms with van der Waals surface area (Å²) >= 11 is 5.74. The number of furan rings is 1. The minimum Gasteiger partial charge on any atom is -0.458 e. The van der Waals surface area contributed by atoms with E-state index >= 15 is 0 Å². The Balaban J connectivity index is 2.67. The Labute approximate surface area is 73.7 Å². The fourth-order valence-electron chi connectivity index (χ4n) is 1.14. The van der Waals surface area contributed by atoms with E-state index in [-0.39, 0.29) is 0 Å². The van der Waals surface area contributed by atoms with E-state index in [1.807, 2.05) is 0 Å². The highest BCUT2D eigenvalue weighted by molar-refractivity contribution is 6.31. The van der Waals surface area contributed by atoms with Crippen molar-refractivity contribution < 1.29 is 8.81 Å². The molecule has 0 aliphatic rings. The van der Waals surface area contributed by atoms with Crippen LogP contribution in [-0.4, -0.2) is 0 Å². The first kappa shape index (κ1) is 7.62. The standard InChI is InChI=1S/C9H6ClFO/c10-7-1-2-9-6(3-7)4-8(5-11)12-9/h1-4H,5H2. The Morgan fingerprint density at radius 2 is 2.17 bits per heavy atom. The average Bonchev–Trinajstić information content (AvgIpc) is 2.46. The lowest BCUT2D eigenvalue weighted by Gasteiger charge is -1.87. The maximum absolute atomic E-state index is 12.1. The summed E-state index contributed by atoms with van der Waals surface area (Å²) in [6.45, 7) is -0.577. The molecule has 0 amide bonds. The highest BCUT2D eigenvalue weighted by Crippen LogP contribution is 2.23. The summed E-state index contributed by atoms with van der Waals surface area (Å²) in [6.07, 6.45) is 0. The molecule has 0 atom stereocenters. The minimum atomic E-state index is -0.577. The van der Waals surface area contributed by atoms with E-state index in [1.54, 1.807) is 24.3 Å². The maximum atomic E-state index is 12.1. The lowest BCUT2D eigenvalue weighted by Crippen LogP contribution is -1.64. The van der Waals surface area contributed by atoms with Gasteiger partial charge in [-0.2, -0.15) is 0 Å². The quantitative estimate of drug-likeness (QED) is 0.661. The van der Waals surface area contributed by atoms with Crippen LogP contribution in [0.3, 0.4) is 0 Å². The van der Waals surface area contributed by atoms with Crippen molar-refractivity contribution in [2.24, 2.45) is 0 Å². The maximum Gasteiger partial charge on any atom is 0.147 e. The van der Waals surface area contributed by atoms with Gasteiger partial charge in [0.2, 0.25) is 0 Å². The van der Waals surface area contributed by atoms with Gasteiger partial charge in [-0.15, -0.1) is 0 Å². The van der Waals surface area contributed by atoms with Crippen molar-refractivity contribution in [3.05, 3.63) is 35.0 Å².